The van der Waals surface area contributed by atoms with Gasteiger partial charge in [0.05, 0.1) is 18.6 Å². The third kappa shape index (κ3) is 3.36. The molecule has 1 heterocycles. The second-order valence-electron chi connectivity index (χ2n) is 4.90. The van der Waals surface area contributed by atoms with Gasteiger partial charge in [-0.25, -0.2) is 4.79 Å². The quantitative estimate of drug-likeness (QED) is 0.808. The molecule has 0 spiro atoms. The van der Waals surface area contributed by atoms with Crippen molar-refractivity contribution >= 4 is 11.9 Å². The maximum Gasteiger partial charge on any atom is 0.335 e. The van der Waals surface area contributed by atoms with Crippen molar-refractivity contribution in [3.63, 3.8) is 0 Å². The fraction of sp³-hybridized carbons (Fsp3) is 0.467. The summed E-state index contributed by atoms with van der Waals surface area (Å²) in [7, 11) is 0. The number of fused-ring (bicyclic) bond motifs is 1. The number of carboxylic acid groups (broad SMARTS) is 1. The number of amides is 1. The molecule has 0 saturated carbocycles. The summed E-state index contributed by atoms with van der Waals surface area (Å²) < 4.78 is 5.32. The molecule has 5 nitrogen and oxygen atoms in total. The Kier molecular flexibility index (Phi) is 4.74. The molecule has 20 heavy (non-hydrogen) atoms. The summed E-state index contributed by atoms with van der Waals surface area (Å²) in [6.07, 6.45) is 1.32. The monoisotopic (exact) mass is 277 g/mol. The van der Waals surface area contributed by atoms with Crippen molar-refractivity contribution in [3.05, 3.63) is 34.9 Å². The Hall–Kier alpha value is -1.88. The number of hydrogen-bond donors (Lipinski definition) is 1. The molecule has 0 fully saturated rings. The van der Waals surface area contributed by atoms with Crippen LogP contribution in [0.4, 0.5) is 0 Å². The molecule has 108 valence electrons. The summed E-state index contributed by atoms with van der Waals surface area (Å²) in [6, 6.07) is 5.03. The van der Waals surface area contributed by atoms with Crippen molar-refractivity contribution in [2.45, 2.75) is 32.9 Å². The van der Waals surface area contributed by atoms with Gasteiger partial charge in [0, 0.05) is 19.7 Å². The number of ether oxygens (including phenoxy) is 1. The zero-order chi connectivity index (χ0) is 14.5. The number of carbonyl (C=O) groups excluding carboxylic acids is 1. The Morgan fingerprint density at radius 2 is 2.00 bits per heavy atom. The van der Waals surface area contributed by atoms with Crippen LogP contribution >= 0.6 is 0 Å². The predicted octanol–water partition coefficient (Wildman–Crippen LogP) is 2.04. The molecule has 0 radical (unpaired) electrons. The maximum atomic E-state index is 12.0. The third-order valence-corrected chi connectivity index (χ3v) is 3.34. The molecule has 1 aliphatic heterocycles. The first-order valence-corrected chi connectivity index (χ1v) is 6.82. The number of rotatable bonds is 6. The zero-order valence-electron chi connectivity index (χ0n) is 11.6. The Morgan fingerprint density at radius 3 is 2.70 bits per heavy atom. The highest BCUT2D eigenvalue weighted by molar-refractivity contribution is 5.88. The van der Waals surface area contributed by atoms with E-state index in [0.717, 1.165) is 17.5 Å². The minimum absolute atomic E-state index is 0.0502. The van der Waals surface area contributed by atoms with Crippen LogP contribution in [0.3, 0.4) is 0 Å². The van der Waals surface area contributed by atoms with E-state index in [1.165, 1.54) is 0 Å². The summed E-state index contributed by atoms with van der Waals surface area (Å²) in [4.78, 5) is 24.7. The smallest absolute Gasteiger partial charge is 0.335 e. The summed E-state index contributed by atoms with van der Waals surface area (Å²) in [5.41, 5.74) is 2.22. The van der Waals surface area contributed by atoms with Gasteiger partial charge in [-0.3, -0.25) is 4.79 Å². The maximum absolute atomic E-state index is 12.0. The van der Waals surface area contributed by atoms with Crippen LogP contribution in [0.15, 0.2) is 18.2 Å². The highest BCUT2D eigenvalue weighted by Gasteiger charge is 2.23. The molecule has 1 aromatic carbocycles. The number of carboxylic acids is 1. The lowest BCUT2D eigenvalue weighted by Crippen LogP contribution is -2.26. The zero-order valence-corrected chi connectivity index (χ0v) is 11.6. The van der Waals surface area contributed by atoms with Crippen LogP contribution in [-0.2, 0) is 22.6 Å². The second-order valence-corrected chi connectivity index (χ2v) is 4.90. The molecule has 0 atom stereocenters. The van der Waals surface area contributed by atoms with Crippen molar-refractivity contribution in [1.82, 2.24) is 4.90 Å². The first-order chi connectivity index (χ1) is 9.61. The van der Waals surface area contributed by atoms with Gasteiger partial charge in [0.15, 0.2) is 0 Å². The first kappa shape index (κ1) is 14.5. The minimum Gasteiger partial charge on any atom is -0.478 e. The van der Waals surface area contributed by atoms with Gasteiger partial charge in [0.25, 0.3) is 0 Å². The molecule has 5 heteroatoms. The van der Waals surface area contributed by atoms with Crippen LogP contribution in [0.5, 0.6) is 0 Å². The van der Waals surface area contributed by atoms with Gasteiger partial charge in [0.1, 0.15) is 0 Å². The van der Waals surface area contributed by atoms with Gasteiger partial charge in [-0.2, -0.15) is 0 Å². The van der Waals surface area contributed by atoms with Crippen LogP contribution in [0.1, 0.15) is 41.3 Å². The Labute approximate surface area is 118 Å². The topological polar surface area (TPSA) is 66.8 Å². The summed E-state index contributed by atoms with van der Waals surface area (Å²) in [6.45, 7) is 4.19. The van der Waals surface area contributed by atoms with E-state index in [4.69, 9.17) is 9.84 Å². The molecule has 0 saturated heterocycles. The van der Waals surface area contributed by atoms with Crippen LogP contribution in [-0.4, -0.2) is 35.1 Å². The predicted molar refractivity (Wildman–Crippen MR) is 73.4 cm³/mol. The van der Waals surface area contributed by atoms with Gasteiger partial charge in [-0.15, -0.1) is 0 Å². The fourth-order valence-electron chi connectivity index (χ4n) is 2.27. The van der Waals surface area contributed by atoms with Crippen molar-refractivity contribution in [1.29, 1.82) is 0 Å². The van der Waals surface area contributed by atoms with E-state index in [-0.39, 0.29) is 11.5 Å². The summed E-state index contributed by atoms with van der Waals surface area (Å²) in [5, 5.41) is 8.96. The SMILES string of the molecule is CCCOCCC(=O)N1Cc2ccc(C(=O)O)cc2C1. The van der Waals surface area contributed by atoms with Gasteiger partial charge in [0.2, 0.25) is 5.91 Å². The number of benzene rings is 1. The Balaban J connectivity index is 1.92. The lowest BCUT2D eigenvalue weighted by molar-refractivity contribution is -0.132. The summed E-state index contributed by atoms with van der Waals surface area (Å²) in [5.74, 6) is -0.889. The third-order valence-electron chi connectivity index (χ3n) is 3.34. The average molecular weight is 277 g/mol. The molecule has 1 aromatic rings. The van der Waals surface area contributed by atoms with E-state index < -0.39 is 5.97 Å². The molecule has 2 rings (SSSR count). The van der Waals surface area contributed by atoms with E-state index >= 15 is 0 Å². The Morgan fingerprint density at radius 1 is 1.25 bits per heavy atom. The number of carbonyl (C=O) groups is 2. The van der Waals surface area contributed by atoms with E-state index in [1.54, 1.807) is 23.1 Å². The number of aromatic carboxylic acids is 1. The van der Waals surface area contributed by atoms with Crippen molar-refractivity contribution in [3.8, 4) is 0 Å². The Bertz CT molecular complexity index is 513. The highest BCUT2D eigenvalue weighted by atomic mass is 16.5. The lowest BCUT2D eigenvalue weighted by atomic mass is 10.1. The van der Waals surface area contributed by atoms with Crippen molar-refractivity contribution in [2.24, 2.45) is 0 Å². The summed E-state index contributed by atoms with van der Waals surface area (Å²) >= 11 is 0. The first-order valence-electron chi connectivity index (χ1n) is 6.82. The molecule has 1 aliphatic rings. The molecule has 0 aromatic heterocycles. The fourth-order valence-corrected chi connectivity index (χ4v) is 2.27. The van der Waals surface area contributed by atoms with Gasteiger partial charge in [-0.05, 0) is 29.7 Å². The highest BCUT2D eigenvalue weighted by Crippen LogP contribution is 2.24. The minimum atomic E-state index is -0.939. The molecular weight excluding hydrogens is 258 g/mol. The molecule has 0 unspecified atom stereocenters. The molecule has 0 bridgehead atoms. The molecular formula is C15H19NO4. The number of hydrogen-bond acceptors (Lipinski definition) is 3. The van der Waals surface area contributed by atoms with Crippen LogP contribution in [0.25, 0.3) is 0 Å². The van der Waals surface area contributed by atoms with Crippen LogP contribution < -0.4 is 0 Å². The van der Waals surface area contributed by atoms with Gasteiger partial charge < -0.3 is 14.7 Å². The van der Waals surface area contributed by atoms with Crippen molar-refractivity contribution in [2.75, 3.05) is 13.2 Å². The molecule has 1 amide bonds. The lowest BCUT2D eigenvalue weighted by Gasteiger charge is -2.15. The van der Waals surface area contributed by atoms with Gasteiger partial charge in [-0.1, -0.05) is 13.0 Å². The van der Waals surface area contributed by atoms with Crippen molar-refractivity contribution < 1.29 is 19.4 Å². The van der Waals surface area contributed by atoms with E-state index in [2.05, 4.69) is 0 Å². The number of nitrogens with zero attached hydrogens (tertiary/aromatic N) is 1. The normalized spacial score (nSPS) is 13.3. The van der Waals surface area contributed by atoms with E-state index in [1.807, 2.05) is 6.92 Å². The van der Waals surface area contributed by atoms with Crippen LogP contribution in [0.2, 0.25) is 0 Å². The second kappa shape index (κ2) is 6.52. The molecule has 0 aliphatic carbocycles. The standard InChI is InChI=1S/C15H19NO4/c1-2-6-20-7-5-14(17)16-9-12-4-3-11(15(18)19)8-13(12)10-16/h3-4,8H,2,5-7,9-10H2,1H3,(H,18,19). The largest absolute Gasteiger partial charge is 0.478 e. The van der Waals surface area contributed by atoms with Crippen LogP contribution in [0, 0.1) is 0 Å². The molecule has 1 N–H and O–H groups in total. The average Bonchev–Trinajstić information content (AvgIpc) is 2.86. The van der Waals surface area contributed by atoms with Gasteiger partial charge >= 0.3 is 5.97 Å². The van der Waals surface area contributed by atoms with E-state index in [0.29, 0.717) is 32.7 Å². The van der Waals surface area contributed by atoms with E-state index in [9.17, 15) is 9.59 Å².